The number of rotatable bonds is 5. The van der Waals surface area contributed by atoms with Crippen molar-refractivity contribution < 1.29 is 9.18 Å². The van der Waals surface area contributed by atoms with E-state index in [1.54, 1.807) is 36.5 Å². The molecule has 170 valence electrons. The molecule has 9 heteroatoms. The summed E-state index contributed by atoms with van der Waals surface area (Å²) in [5.41, 5.74) is 7.87. The van der Waals surface area contributed by atoms with E-state index in [4.69, 9.17) is 22.6 Å². The Morgan fingerprint density at radius 3 is 2.61 bits per heavy atom. The number of carbonyl (C=O) groups excluding carboxylic acids is 1. The van der Waals surface area contributed by atoms with E-state index in [-0.39, 0.29) is 29.8 Å². The van der Waals surface area contributed by atoms with E-state index in [0.29, 0.717) is 16.3 Å². The summed E-state index contributed by atoms with van der Waals surface area (Å²) in [6.07, 6.45) is 6.90. The van der Waals surface area contributed by atoms with Gasteiger partial charge in [-0.05, 0) is 48.7 Å². The van der Waals surface area contributed by atoms with E-state index >= 15 is 0 Å². The Kier molecular flexibility index (Phi) is 6.92. The van der Waals surface area contributed by atoms with Gasteiger partial charge < -0.3 is 10.6 Å². The van der Waals surface area contributed by atoms with Gasteiger partial charge >= 0.3 is 0 Å². The predicted molar refractivity (Wildman–Crippen MR) is 126 cm³/mol. The number of nitrogens with one attached hydrogen (secondary N) is 1. The lowest BCUT2D eigenvalue weighted by atomic mass is 10.1. The third kappa shape index (κ3) is 5.51. The number of nitriles is 1. The molecule has 3 N–H and O–H groups in total. The molecule has 33 heavy (non-hydrogen) atoms. The number of aliphatic imine (C=N–C) groups is 1. The van der Waals surface area contributed by atoms with Gasteiger partial charge in [-0.25, -0.2) is 9.38 Å². The highest BCUT2D eigenvalue weighted by Crippen LogP contribution is 2.32. The molecule has 2 fully saturated rings. The maximum absolute atomic E-state index is 13.2. The van der Waals surface area contributed by atoms with Gasteiger partial charge in [0.2, 0.25) is 11.9 Å². The maximum atomic E-state index is 13.2. The minimum absolute atomic E-state index is 0.0445. The largest absolute Gasteiger partial charge is 0.369 e. The number of nitrogens with two attached hydrogens (primary N) is 1. The van der Waals surface area contributed by atoms with Gasteiger partial charge in [0.15, 0.2) is 6.19 Å². The Labute approximate surface area is 196 Å². The first-order valence-corrected chi connectivity index (χ1v) is 11.1. The van der Waals surface area contributed by atoms with Crippen LogP contribution in [0.2, 0.25) is 5.02 Å². The van der Waals surface area contributed by atoms with E-state index in [9.17, 15) is 9.18 Å². The Morgan fingerprint density at radius 2 is 1.94 bits per heavy atom. The van der Waals surface area contributed by atoms with Gasteiger partial charge in [-0.3, -0.25) is 15.0 Å². The quantitative estimate of drug-likeness (QED) is 0.231. The molecule has 0 saturated carbocycles. The number of hydrogen-bond acceptors (Lipinski definition) is 4. The van der Waals surface area contributed by atoms with Crippen LogP contribution in [0.4, 0.5) is 10.1 Å². The first-order valence-electron chi connectivity index (χ1n) is 10.7. The lowest BCUT2D eigenvalue weighted by Crippen LogP contribution is -2.55. The summed E-state index contributed by atoms with van der Waals surface area (Å²) in [5, 5.41) is 11.4. The van der Waals surface area contributed by atoms with Crippen molar-refractivity contribution in [3.8, 4) is 6.19 Å². The summed E-state index contributed by atoms with van der Waals surface area (Å²) in [6, 6.07) is 12.0. The number of nitrogens with zero attached hydrogens (tertiary/aromatic N) is 4. The molecule has 7 nitrogen and oxygen atoms in total. The molecule has 2 aromatic rings. The molecule has 2 heterocycles. The lowest BCUT2D eigenvalue weighted by Gasteiger charge is -2.40. The molecule has 0 spiro atoms. The highest BCUT2D eigenvalue weighted by molar-refractivity contribution is 6.30. The zero-order valence-electron chi connectivity index (χ0n) is 17.9. The van der Waals surface area contributed by atoms with E-state index < -0.39 is 0 Å². The molecule has 2 aliphatic heterocycles. The minimum Gasteiger partial charge on any atom is -0.369 e. The van der Waals surface area contributed by atoms with Gasteiger partial charge in [0.25, 0.3) is 0 Å². The smallest absolute Gasteiger partial charge is 0.247 e. The number of amides is 1. The van der Waals surface area contributed by atoms with Gasteiger partial charge in [-0.2, -0.15) is 5.26 Å². The van der Waals surface area contributed by atoms with Gasteiger partial charge in [-0.15, -0.1) is 0 Å². The van der Waals surface area contributed by atoms with Gasteiger partial charge in [0, 0.05) is 48.4 Å². The fourth-order valence-electron chi connectivity index (χ4n) is 4.54. The van der Waals surface area contributed by atoms with E-state index in [0.717, 1.165) is 38.0 Å². The minimum atomic E-state index is -0.237. The second-order valence-electron chi connectivity index (χ2n) is 8.22. The van der Waals surface area contributed by atoms with E-state index in [1.807, 2.05) is 17.0 Å². The normalized spacial score (nSPS) is 20.8. The van der Waals surface area contributed by atoms with Crippen LogP contribution in [0.3, 0.4) is 0 Å². The van der Waals surface area contributed by atoms with Crippen LogP contribution >= 0.6 is 11.6 Å². The number of guanidine groups is 1. The van der Waals surface area contributed by atoms with Crippen molar-refractivity contribution in [2.45, 2.75) is 31.5 Å². The molecule has 2 unspecified atom stereocenters. The number of piperazine rings is 1. The number of fused-ring (bicyclic) bond motifs is 2. The second-order valence-corrected chi connectivity index (χ2v) is 8.66. The number of carbonyl (C=O) groups is 1. The van der Waals surface area contributed by atoms with Crippen LogP contribution in [0.15, 0.2) is 53.5 Å². The van der Waals surface area contributed by atoms with Gasteiger partial charge in [-0.1, -0.05) is 29.8 Å². The first kappa shape index (κ1) is 22.8. The van der Waals surface area contributed by atoms with Crippen LogP contribution in [-0.4, -0.2) is 46.8 Å². The molecule has 1 amide bonds. The van der Waals surface area contributed by atoms with Crippen molar-refractivity contribution in [1.82, 2.24) is 15.1 Å². The molecule has 0 aromatic heterocycles. The zero-order chi connectivity index (χ0) is 23.4. The van der Waals surface area contributed by atoms with E-state index in [2.05, 4.69) is 15.2 Å². The second kappa shape index (κ2) is 10.0. The van der Waals surface area contributed by atoms with E-state index in [1.165, 1.54) is 12.1 Å². The molecule has 2 aromatic carbocycles. The Bertz CT molecular complexity index is 1110. The number of hydrogen-bond donors (Lipinski definition) is 2. The van der Waals surface area contributed by atoms with Crippen LogP contribution in [-0.2, 0) is 11.3 Å². The summed E-state index contributed by atoms with van der Waals surface area (Å²) in [6.45, 7) is 2.33. The summed E-state index contributed by atoms with van der Waals surface area (Å²) >= 11 is 6.07. The van der Waals surface area contributed by atoms with Crippen LogP contribution in [0.5, 0.6) is 0 Å². The molecule has 2 aliphatic rings. The van der Waals surface area contributed by atoms with Gasteiger partial charge in [0.05, 0.1) is 5.69 Å². The Balaban J connectivity index is 1.44. The molecule has 2 atom stereocenters. The average molecular weight is 467 g/mol. The van der Waals surface area contributed by atoms with Crippen LogP contribution in [0.25, 0.3) is 6.08 Å². The van der Waals surface area contributed by atoms with Crippen molar-refractivity contribution in [3.63, 3.8) is 0 Å². The molecule has 0 radical (unpaired) electrons. The van der Waals surface area contributed by atoms with Crippen LogP contribution in [0.1, 0.15) is 24.0 Å². The fourth-order valence-corrected chi connectivity index (χ4v) is 4.71. The van der Waals surface area contributed by atoms with Crippen molar-refractivity contribution in [1.29, 1.82) is 5.26 Å². The topological polar surface area (TPSA) is 97.8 Å². The zero-order valence-corrected chi connectivity index (χ0v) is 18.7. The maximum Gasteiger partial charge on any atom is 0.247 e. The average Bonchev–Trinajstić information content (AvgIpc) is 3.05. The highest BCUT2D eigenvalue weighted by Gasteiger charge is 2.41. The third-order valence-electron chi connectivity index (χ3n) is 5.95. The predicted octanol–water partition coefficient (Wildman–Crippen LogP) is 3.38. The van der Waals surface area contributed by atoms with Crippen LogP contribution < -0.4 is 11.1 Å². The highest BCUT2D eigenvalue weighted by atomic mass is 35.5. The molecular weight excluding hydrogens is 443 g/mol. The van der Waals surface area contributed by atoms with Crippen molar-refractivity contribution in [2.24, 2.45) is 10.7 Å². The van der Waals surface area contributed by atoms with Crippen molar-refractivity contribution in [2.75, 3.05) is 13.1 Å². The summed E-state index contributed by atoms with van der Waals surface area (Å²) in [4.78, 5) is 21.5. The molecule has 0 aliphatic carbocycles. The summed E-state index contributed by atoms with van der Waals surface area (Å²) in [7, 11) is 0. The van der Waals surface area contributed by atoms with Crippen molar-refractivity contribution in [3.05, 3.63) is 70.5 Å². The standard InChI is InChI=1S/C24H24ClFN6O/c25-18-5-3-17(22(11-18)30-24(28)29-15-27)4-10-23(33)32-20-8-9-21(32)14-31(13-20)12-16-1-6-19(26)7-2-16/h1-7,10-11,20-21H,8-9,12-14H2,(H3,28,29,30). The SMILES string of the molecule is N#CNC(N)=Nc1cc(Cl)ccc1C=CC(=O)N1C2CCC1CN(Cc1ccc(F)cc1)C2. The first-order chi connectivity index (χ1) is 15.9. The number of halogens is 2. The van der Waals surface area contributed by atoms with Crippen molar-refractivity contribution >= 4 is 35.2 Å². The fraction of sp³-hybridized carbons (Fsp3) is 0.292. The lowest BCUT2D eigenvalue weighted by molar-refractivity contribution is -0.131. The molecule has 2 saturated heterocycles. The molecular formula is C24H24ClFN6O. The number of likely N-dealkylation sites (tertiary alicyclic amines) is 1. The third-order valence-corrected chi connectivity index (χ3v) is 6.19. The Morgan fingerprint density at radius 1 is 1.24 bits per heavy atom. The van der Waals surface area contributed by atoms with Crippen LogP contribution in [0, 0.1) is 17.3 Å². The molecule has 2 bridgehead atoms. The number of benzene rings is 2. The monoisotopic (exact) mass is 466 g/mol. The Hall–Kier alpha value is -3.41. The summed E-state index contributed by atoms with van der Waals surface area (Å²) in [5.74, 6) is -0.340. The van der Waals surface area contributed by atoms with Gasteiger partial charge in [0.1, 0.15) is 5.82 Å². The molecule has 4 rings (SSSR count). The summed E-state index contributed by atoms with van der Waals surface area (Å²) < 4.78 is 13.2.